The lowest BCUT2D eigenvalue weighted by atomic mass is 9.96. The highest BCUT2D eigenvalue weighted by atomic mass is 16.4. The van der Waals surface area contributed by atoms with Gasteiger partial charge in [-0.3, -0.25) is 4.79 Å². The summed E-state index contributed by atoms with van der Waals surface area (Å²) in [5.74, 6) is -0.324. The van der Waals surface area contributed by atoms with Crippen LogP contribution in [0.15, 0.2) is 0 Å². The molecule has 0 bridgehead atoms. The molecular formula is C14H23NO3. The highest BCUT2D eigenvalue weighted by Gasteiger charge is 2.37. The second-order valence-electron chi connectivity index (χ2n) is 5.78. The highest BCUT2D eigenvalue weighted by molar-refractivity contribution is 5.84. The molecule has 2 rings (SSSR count). The van der Waals surface area contributed by atoms with Gasteiger partial charge in [0.1, 0.15) is 6.04 Å². The van der Waals surface area contributed by atoms with Crippen LogP contribution in [0.4, 0.5) is 0 Å². The quantitative estimate of drug-likeness (QED) is 0.739. The average Bonchev–Trinajstić information content (AvgIpc) is 3.13. The van der Waals surface area contributed by atoms with Crippen molar-refractivity contribution in [2.24, 2.45) is 11.8 Å². The SMILES string of the molecule is O=C(CC1CCCCCC1)NC(C(=O)O)C1CC1. The zero-order chi connectivity index (χ0) is 13.0. The summed E-state index contributed by atoms with van der Waals surface area (Å²) in [5.41, 5.74) is 0. The van der Waals surface area contributed by atoms with E-state index in [4.69, 9.17) is 5.11 Å². The van der Waals surface area contributed by atoms with Gasteiger partial charge in [0.25, 0.3) is 0 Å². The number of amides is 1. The molecule has 1 amide bonds. The van der Waals surface area contributed by atoms with Crippen LogP contribution in [0, 0.1) is 11.8 Å². The van der Waals surface area contributed by atoms with Gasteiger partial charge in [0.2, 0.25) is 5.91 Å². The number of nitrogens with one attached hydrogen (secondary N) is 1. The fraction of sp³-hybridized carbons (Fsp3) is 0.857. The Morgan fingerprint density at radius 3 is 2.17 bits per heavy atom. The number of hydrogen-bond donors (Lipinski definition) is 2. The fourth-order valence-corrected chi connectivity index (χ4v) is 2.87. The van der Waals surface area contributed by atoms with Crippen LogP contribution in [-0.2, 0) is 9.59 Å². The van der Waals surface area contributed by atoms with Crippen molar-refractivity contribution >= 4 is 11.9 Å². The zero-order valence-electron chi connectivity index (χ0n) is 10.9. The largest absolute Gasteiger partial charge is 0.480 e. The minimum atomic E-state index is -0.883. The van der Waals surface area contributed by atoms with Gasteiger partial charge in [0, 0.05) is 6.42 Å². The predicted octanol–water partition coefficient (Wildman–Crippen LogP) is 2.33. The van der Waals surface area contributed by atoms with E-state index in [1.54, 1.807) is 0 Å². The van der Waals surface area contributed by atoms with Gasteiger partial charge in [0.05, 0.1) is 0 Å². The molecule has 1 atom stereocenters. The molecule has 102 valence electrons. The Kier molecular flexibility index (Phi) is 4.61. The molecule has 18 heavy (non-hydrogen) atoms. The van der Waals surface area contributed by atoms with Crippen LogP contribution < -0.4 is 5.32 Å². The lowest BCUT2D eigenvalue weighted by Gasteiger charge is -2.17. The first-order valence-corrected chi connectivity index (χ1v) is 7.19. The molecule has 0 aromatic heterocycles. The lowest BCUT2D eigenvalue weighted by Crippen LogP contribution is -2.42. The Balaban J connectivity index is 1.77. The van der Waals surface area contributed by atoms with Crippen molar-refractivity contribution in [1.82, 2.24) is 5.32 Å². The fourth-order valence-electron chi connectivity index (χ4n) is 2.87. The number of carboxylic acids is 1. The molecule has 0 heterocycles. The van der Waals surface area contributed by atoms with Crippen LogP contribution in [0.1, 0.15) is 57.8 Å². The molecule has 2 aliphatic rings. The van der Waals surface area contributed by atoms with Crippen LogP contribution in [0.2, 0.25) is 0 Å². The van der Waals surface area contributed by atoms with Gasteiger partial charge in [0.15, 0.2) is 0 Å². The molecule has 0 aromatic rings. The van der Waals surface area contributed by atoms with E-state index in [0.717, 1.165) is 25.7 Å². The Bertz CT molecular complexity index is 304. The van der Waals surface area contributed by atoms with E-state index in [-0.39, 0.29) is 11.8 Å². The zero-order valence-corrected chi connectivity index (χ0v) is 10.9. The third kappa shape index (κ3) is 4.00. The number of hydrogen-bond acceptors (Lipinski definition) is 2. The monoisotopic (exact) mass is 253 g/mol. The van der Waals surface area contributed by atoms with Crippen molar-refractivity contribution < 1.29 is 14.7 Å². The van der Waals surface area contributed by atoms with E-state index in [2.05, 4.69) is 5.32 Å². The first kappa shape index (κ1) is 13.4. The van der Waals surface area contributed by atoms with E-state index >= 15 is 0 Å². The van der Waals surface area contributed by atoms with Crippen molar-refractivity contribution in [3.05, 3.63) is 0 Å². The maximum atomic E-state index is 11.9. The highest BCUT2D eigenvalue weighted by Crippen LogP contribution is 2.33. The summed E-state index contributed by atoms with van der Waals surface area (Å²) in [6.45, 7) is 0. The topological polar surface area (TPSA) is 66.4 Å². The summed E-state index contributed by atoms with van der Waals surface area (Å²) in [6, 6.07) is -0.650. The Morgan fingerprint density at radius 1 is 1.06 bits per heavy atom. The normalized spacial score (nSPS) is 23.1. The number of carbonyl (C=O) groups excluding carboxylic acids is 1. The molecule has 4 nitrogen and oxygen atoms in total. The molecule has 0 aromatic carbocycles. The van der Waals surface area contributed by atoms with E-state index in [9.17, 15) is 9.59 Å². The average molecular weight is 253 g/mol. The first-order chi connectivity index (χ1) is 8.66. The van der Waals surface area contributed by atoms with Crippen LogP contribution in [0.5, 0.6) is 0 Å². The van der Waals surface area contributed by atoms with Crippen LogP contribution in [0.25, 0.3) is 0 Å². The Morgan fingerprint density at radius 2 is 1.67 bits per heavy atom. The van der Waals surface area contributed by atoms with E-state index in [0.29, 0.717) is 12.3 Å². The van der Waals surface area contributed by atoms with E-state index in [1.165, 1.54) is 25.7 Å². The van der Waals surface area contributed by atoms with Gasteiger partial charge in [-0.25, -0.2) is 4.79 Å². The summed E-state index contributed by atoms with van der Waals surface area (Å²) in [5, 5.41) is 11.8. The summed E-state index contributed by atoms with van der Waals surface area (Å²) in [4.78, 5) is 22.9. The minimum Gasteiger partial charge on any atom is -0.480 e. The molecular weight excluding hydrogens is 230 g/mol. The minimum absolute atomic E-state index is 0.0683. The molecule has 0 aliphatic heterocycles. The molecule has 4 heteroatoms. The molecule has 0 spiro atoms. The maximum absolute atomic E-state index is 11.9. The molecule has 2 N–H and O–H groups in total. The Hall–Kier alpha value is -1.06. The van der Waals surface area contributed by atoms with Gasteiger partial charge in [-0.15, -0.1) is 0 Å². The van der Waals surface area contributed by atoms with Crippen molar-refractivity contribution in [2.75, 3.05) is 0 Å². The van der Waals surface area contributed by atoms with Crippen LogP contribution in [-0.4, -0.2) is 23.0 Å². The molecule has 2 fully saturated rings. The first-order valence-electron chi connectivity index (χ1n) is 7.19. The van der Waals surface area contributed by atoms with Gasteiger partial charge in [-0.1, -0.05) is 25.7 Å². The van der Waals surface area contributed by atoms with Crippen molar-refractivity contribution in [1.29, 1.82) is 0 Å². The van der Waals surface area contributed by atoms with Gasteiger partial charge in [-0.05, 0) is 37.5 Å². The number of aliphatic carboxylic acids is 1. The van der Waals surface area contributed by atoms with E-state index in [1.807, 2.05) is 0 Å². The maximum Gasteiger partial charge on any atom is 0.326 e. The van der Waals surface area contributed by atoms with E-state index < -0.39 is 12.0 Å². The molecule has 0 radical (unpaired) electrons. The summed E-state index contributed by atoms with van der Waals surface area (Å²) in [6.07, 6.45) is 9.59. The summed E-state index contributed by atoms with van der Waals surface area (Å²) < 4.78 is 0. The number of rotatable bonds is 5. The summed E-state index contributed by atoms with van der Waals surface area (Å²) >= 11 is 0. The third-order valence-electron chi connectivity index (χ3n) is 4.12. The van der Waals surface area contributed by atoms with Gasteiger partial charge >= 0.3 is 5.97 Å². The third-order valence-corrected chi connectivity index (χ3v) is 4.12. The number of carbonyl (C=O) groups is 2. The lowest BCUT2D eigenvalue weighted by molar-refractivity contribution is -0.142. The summed E-state index contributed by atoms with van der Waals surface area (Å²) in [7, 11) is 0. The molecule has 1 unspecified atom stereocenters. The van der Waals surface area contributed by atoms with Crippen molar-refractivity contribution in [2.45, 2.75) is 63.8 Å². The molecule has 0 saturated heterocycles. The smallest absolute Gasteiger partial charge is 0.326 e. The second-order valence-corrected chi connectivity index (χ2v) is 5.78. The van der Waals surface area contributed by atoms with Crippen molar-refractivity contribution in [3.8, 4) is 0 Å². The van der Waals surface area contributed by atoms with Crippen LogP contribution >= 0.6 is 0 Å². The second kappa shape index (κ2) is 6.21. The van der Waals surface area contributed by atoms with Crippen LogP contribution in [0.3, 0.4) is 0 Å². The Labute approximate surface area is 108 Å². The molecule has 2 saturated carbocycles. The van der Waals surface area contributed by atoms with Gasteiger partial charge < -0.3 is 10.4 Å². The number of carboxylic acid groups (broad SMARTS) is 1. The molecule has 2 aliphatic carbocycles. The van der Waals surface area contributed by atoms with Gasteiger partial charge in [-0.2, -0.15) is 0 Å². The standard InChI is InChI=1S/C14H23NO3/c16-12(9-10-5-3-1-2-4-6-10)15-13(14(17)18)11-7-8-11/h10-11,13H,1-9H2,(H,15,16)(H,17,18). The van der Waals surface area contributed by atoms with Crippen molar-refractivity contribution in [3.63, 3.8) is 0 Å². The predicted molar refractivity (Wildman–Crippen MR) is 68.1 cm³/mol.